The molecule has 0 spiro atoms. The van der Waals surface area contributed by atoms with Gasteiger partial charge < -0.3 is 10.2 Å². The molecule has 2 rings (SSSR count). The van der Waals surface area contributed by atoms with Gasteiger partial charge in [0.25, 0.3) is 0 Å². The van der Waals surface area contributed by atoms with Gasteiger partial charge >= 0.3 is 0 Å². The Hall–Kier alpha value is -2.58. The molecule has 9 heteroatoms. The molecule has 0 aliphatic heterocycles. The maximum absolute atomic E-state index is 13.4. The lowest BCUT2D eigenvalue weighted by molar-refractivity contribution is -0.140. The monoisotopic (exact) mass is 535 g/mol. The second kappa shape index (κ2) is 14.2. The highest BCUT2D eigenvalue weighted by Crippen LogP contribution is 2.22. The molecule has 2 amide bonds. The Morgan fingerprint density at radius 3 is 2.31 bits per heavy atom. The second-order valence-corrected chi connectivity index (χ2v) is 11.6. The summed E-state index contributed by atoms with van der Waals surface area (Å²) in [7, 11) is -3.56. The van der Waals surface area contributed by atoms with Gasteiger partial charge in [-0.25, -0.2) is 8.42 Å². The summed E-state index contributed by atoms with van der Waals surface area (Å²) in [5, 5.41) is 3.39. The summed E-state index contributed by atoms with van der Waals surface area (Å²) in [5.74, 6) is -0.0327. The van der Waals surface area contributed by atoms with E-state index in [1.807, 2.05) is 51.1 Å². The predicted molar refractivity (Wildman–Crippen MR) is 147 cm³/mol. The standard InChI is InChI=1S/C27H38ClN3O4S/c1-5-25(27(33)29-20-21(2)3)30(18-16-22-11-7-6-8-12-22)26(32)15-10-17-31(36(4,34)35)24-14-9-13-23(28)19-24/h6-9,11-14,19,21,25H,5,10,15-18,20H2,1-4H3,(H,29,33)/t25-/m1/s1. The van der Waals surface area contributed by atoms with Gasteiger partial charge in [-0.2, -0.15) is 0 Å². The minimum atomic E-state index is -3.56. The second-order valence-electron chi connectivity index (χ2n) is 9.30. The van der Waals surface area contributed by atoms with Crippen molar-refractivity contribution in [2.24, 2.45) is 5.92 Å². The van der Waals surface area contributed by atoms with Crippen LogP contribution in [0.25, 0.3) is 0 Å². The van der Waals surface area contributed by atoms with Crippen molar-refractivity contribution in [3.63, 3.8) is 0 Å². The summed E-state index contributed by atoms with van der Waals surface area (Å²) in [5.41, 5.74) is 1.54. The van der Waals surface area contributed by atoms with Gasteiger partial charge in [-0.1, -0.05) is 68.8 Å². The highest BCUT2D eigenvalue weighted by atomic mass is 35.5. The number of halogens is 1. The lowest BCUT2D eigenvalue weighted by Gasteiger charge is -2.31. The summed E-state index contributed by atoms with van der Waals surface area (Å²) < 4.78 is 26.1. The van der Waals surface area contributed by atoms with Crippen molar-refractivity contribution < 1.29 is 18.0 Å². The van der Waals surface area contributed by atoms with Crippen LogP contribution in [0.4, 0.5) is 5.69 Å². The number of carbonyl (C=O) groups is 2. The normalized spacial score (nSPS) is 12.3. The van der Waals surface area contributed by atoms with Crippen molar-refractivity contribution in [2.45, 2.75) is 52.5 Å². The van der Waals surface area contributed by atoms with Gasteiger partial charge in [-0.15, -0.1) is 0 Å². The van der Waals surface area contributed by atoms with Gasteiger partial charge in [0.05, 0.1) is 11.9 Å². The first kappa shape index (κ1) is 29.6. The Labute approximate surface area is 220 Å². The zero-order valence-electron chi connectivity index (χ0n) is 21.6. The number of sulfonamides is 1. The molecule has 0 saturated carbocycles. The highest BCUT2D eigenvalue weighted by Gasteiger charge is 2.28. The summed E-state index contributed by atoms with van der Waals surface area (Å²) in [6, 6.07) is 15.9. The van der Waals surface area contributed by atoms with E-state index in [0.717, 1.165) is 11.8 Å². The lowest BCUT2D eigenvalue weighted by atomic mass is 10.1. The van der Waals surface area contributed by atoms with Gasteiger partial charge in [0, 0.05) is 31.1 Å². The molecule has 0 aliphatic rings. The topological polar surface area (TPSA) is 86.8 Å². The molecule has 2 aromatic rings. The molecule has 1 N–H and O–H groups in total. The number of benzene rings is 2. The van der Waals surface area contributed by atoms with Crippen LogP contribution in [0, 0.1) is 5.92 Å². The predicted octanol–water partition coefficient (Wildman–Crippen LogP) is 4.51. The summed E-state index contributed by atoms with van der Waals surface area (Å²) in [6.45, 7) is 7.01. The fourth-order valence-electron chi connectivity index (χ4n) is 3.95. The number of nitrogens with zero attached hydrogens (tertiary/aromatic N) is 2. The first-order valence-corrected chi connectivity index (χ1v) is 14.6. The third-order valence-electron chi connectivity index (χ3n) is 5.80. The largest absolute Gasteiger partial charge is 0.354 e. The Morgan fingerprint density at radius 2 is 1.72 bits per heavy atom. The number of hydrogen-bond acceptors (Lipinski definition) is 4. The summed E-state index contributed by atoms with van der Waals surface area (Å²) in [6.07, 6.45) is 2.68. The first-order valence-electron chi connectivity index (χ1n) is 12.4. The minimum Gasteiger partial charge on any atom is -0.354 e. The van der Waals surface area contributed by atoms with E-state index in [9.17, 15) is 18.0 Å². The molecule has 0 bridgehead atoms. The van der Waals surface area contributed by atoms with Gasteiger partial charge in [0.15, 0.2) is 0 Å². The van der Waals surface area contributed by atoms with Crippen molar-refractivity contribution >= 4 is 39.1 Å². The van der Waals surface area contributed by atoms with Crippen molar-refractivity contribution in [1.82, 2.24) is 10.2 Å². The van der Waals surface area contributed by atoms with Crippen LogP contribution in [-0.4, -0.2) is 57.1 Å². The van der Waals surface area contributed by atoms with E-state index in [1.165, 1.54) is 4.31 Å². The van der Waals surface area contributed by atoms with Gasteiger partial charge in [-0.05, 0) is 48.9 Å². The number of amides is 2. The van der Waals surface area contributed by atoms with E-state index in [2.05, 4.69) is 5.32 Å². The fraction of sp³-hybridized carbons (Fsp3) is 0.481. The van der Waals surface area contributed by atoms with Crippen LogP contribution < -0.4 is 9.62 Å². The molecular formula is C27H38ClN3O4S. The molecule has 36 heavy (non-hydrogen) atoms. The van der Waals surface area contributed by atoms with Gasteiger partial charge in [0.1, 0.15) is 6.04 Å². The summed E-state index contributed by atoms with van der Waals surface area (Å²) in [4.78, 5) is 28.0. The zero-order chi connectivity index (χ0) is 26.7. The third kappa shape index (κ3) is 9.47. The van der Waals surface area contributed by atoms with Crippen LogP contribution in [0.5, 0.6) is 0 Å². The number of carbonyl (C=O) groups excluding carboxylic acids is 2. The van der Waals surface area contributed by atoms with Gasteiger partial charge in [-0.3, -0.25) is 13.9 Å². The molecule has 198 valence electrons. The maximum atomic E-state index is 13.4. The van der Waals surface area contributed by atoms with Crippen LogP contribution in [0.15, 0.2) is 54.6 Å². The molecule has 7 nitrogen and oxygen atoms in total. The van der Waals surface area contributed by atoms with E-state index in [4.69, 9.17) is 11.6 Å². The Kier molecular flexibility index (Phi) is 11.7. The van der Waals surface area contributed by atoms with Crippen molar-refractivity contribution in [3.8, 4) is 0 Å². The van der Waals surface area contributed by atoms with Crippen molar-refractivity contribution in [1.29, 1.82) is 0 Å². The average Bonchev–Trinajstić information content (AvgIpc) is 2.82. The molecule has 1 atom stereocenters. The maximum Gasteiger partial charge on any atom is 0.242 e. The third-order valence-corrected chi connectivity index (χ3v) is 7.23. The number of anilines is 1. The highest BCUT2D eigenvalue weighted by molar-refractivity contribution is 7.92. The molecule has 0 radical (unpaired) electrons. The fourth-order valence-corrected chi connectivity index (χ4v) is 5.10. The molecule has 0 fully saturated rings. The molecule has 2 aromatic carbocycles. The number of hydrogen-bond donors (Lipinski definition) is 1. The molecule has 0 aliphatic carbocycles. The average molecular weight is 536 g/mol. The van der Waals surface area contributed by atoms with E-state index in [-0.39, 0.29) is 24.8 Å². The Bertz CT molecular complexity index is 1090. The molecule has 0 aromatic heterocycles. The molecule has 0 saturated heterocycles. The molecular weight excluding hydrogens is 498 g/mol. The van der Waals surface area contributed by atoms with Crippen LogP contribution in [0.1, 0.15) is 45.6 Å². The van der Waals surface area contributed by atoms with Crippen LogP contribution >= 0.6 is 11.6 Å². The van der Waals surface area contributed by atoms with Crippen LogP contribution in [0.3, 0.4) is 0 Å². The quantitative estimate of drug-likeness (QED) is 0.385. The zero-order valence-corrected chi connectivity index (χ0v) is 23.2. The first-order chi connectivity index (χ1) is 17.0. The summed E-state index contributed by atoms with van der Waals surface area (Å²) >= 11 is 6.06. The number of nitrogens with one attached hydrogen (secondary N) is 1. The van der Waals surface area contributed by atoms with E-state index in [0.29, 0.717) is 49.0 Å². The minimum absolute atomic E-state index is 0.120. The smallest absolute Gasteiger partial charge is 0.242 e. The van der Waals surface area contributed by atoms with E-state index < -0.39 is 16.1 Å². The van der Waals surface area contributed by atoms with Crippen molar-refractivity contribution in [3.05, 3.63) is 65.2 Å². The number of rotatable bonds is 14. The van der Waals surface area contributed by atoms with Gasteiger partial charge in [0.2, 0.25) is 21.8 Å². The van der Waals surface area contributed by atoms with Crippen LogP contribution in [0.2, 0.25) is 5.02 Å². The van der Waals surface area contributed by atoms with Crippen molar-refractivity contribution in [2.75, 3.05) is 30.2 Å². The van der Waals surface area contributed by atoms with Crippen LogP contribution in [-0.2, 0) is 26.0 Å². The Morgan fingerprint density at radius 1 is 1.03 bits per heavy atom. The molecule has 0 heterocycles. The Balaban J connectivity index is 2.15. The lowest BCUT2D eigenvalue weighted by Crippen LogP contribution is -2.50. The molecule has 0 unspecified atom stereocenters. The SMILES string of the molecule is CC[C@H](C(=O)NCC(C)C)N(CCc1ccccc1)C(=O)CCCN(c1cccc(Cl)c1)S(C)(=O)=O. The van der Waals surface area contributed by atoms with E-state index in [1.54, 1.807) is 29.2 Å². The van der Waals surface area contributed by atoms with E-state index >= 15 is 0 Å².